The summed E-state index contributed by atoms with van der Waals surface area (Å²) in [5, 5.41) is 0. The maximum Gasteiger partial charge on any atom is 0.441 e. The lowest BCUT2D eigenvalue weighted by Crippen LogP contribution is -2.30. The standard InChI is InChI=1S/C9H17F3N2S/c1-7-4-8(5-13)6-14(7)2-3-15-9(10,11)12/h7-8H,2-6,13H2,1H3. The molecule has 2 nitrogen and oxygen atoms in total. The number of thioether (sulfide) groups is 1. The van der Waals surface area contributed by atoms with E-state index < -0.39 is 5.51 Å². The summed E-state index contributed by atoms with van der Waals surface area (Å²) in [5.74, 6) is 0.571. The van der Waals surface area contributed by atoms with Gasteiger partial charge in [-0.25, -0.2) is 0 Å². The molecule has 0 aliphatic carbocycles. The summed E-state index contributed by atoms with van der Waals surface area (Å²) < 4.78 is 35.7. The second kappa shape index (κ2) is 5.41. The van der Waals surface area contributed by atoms with E-state index >= 15 is 0 Å². The molecule has 1 aliphatic heterocycles. The predicted octanol–water partition coefficient (Wildman–Crippen LogP) is 1.91. The number of halogens is 3. The van der Waals surface area contributed by atoms with Gasteiger partial charge in [0.1, 0.15) is 0 Å². The van der Waals surface area contributed by atoms with Gasteiger partial charge in [0, 0.05) is 24.9 Å². The first-order valence-corrected chi connectivity index (χ1v) is 6.05. The lowest BCUT2D eigenvalue weighted by molar-refractivity contribution is -0.0328. The largest absolute Gasteiger partial charge is 0.441 e. The van der Waals surface area contributed by atoms with Crippen LogP contribution in [0.4, 0.5) is 13.2 Å². The summed E-state index contributed by atoms with van der Waals surface area (Å²) in [6, 6.07) is 0.368. The molecule has 0 aromatic rings. The Kier molecular flexibility index (Phi) is 4.73. The van der Waals surface area contributed by atoms with Crippen molar-refractivity contribution in [2.24, 2.45) is 11.7 Å². The van der Waals surface area contributed by atoms with Crippen LogP contribution in [-0.2, 0) is 0 Å². The highest BCUT2D eigenvalue weighted by atomic mass is 32.2. The smallest absolute Gasteiger partial charge is 0.330 e. The normalized spacial score (nSPS) is 28.6. The van der Waals surface area contributed by atoms with E-state index in [4.69, 9.17) is 5.73 Å². The number of nitrogens with zero attached hydrogens (tertiary/aromatic N) is 1. The summed E-state index contributed by atoms with van der Waals surface area (Å²) in [6.07, 6.45) is 1.01. The average Bonchev–Trinajstić information content (AvgIpc) is 2.45. The number of nitrogens with two attached hydrogens (primary N) is 1. The van der Waals surface area contributed by atoms with Crippen LogP contribution in [0.2, 0.25) is 0 Å². The fourth-order valence-electron chi connectivity index (χ4n) is 1.98. The molecule has 1 aliphatic rings. The molecule has 2 N–H and O–H groups in total. The monoisotopic (exact) mass is 242 g/mol. The third kappa shape index (κ3) is 4.61. The molecule has 90 valence electrons. The first-order valence-electron chi connectivity index (χ1n) is 5.07. The molecule has 0 saturated carbocycles. The molecular formula is C9H17F3N2S. The number of rotatable bonds is 4. The fraction of sp³-hybridized carbons (Fsp3) is 1.00. The number of hydrogen-bond donors (Lipinski definition) is 1. The zero-order valence-corrected chi connectivity index (χ0v) is 9.57. The Balaban J connectivity index is 2.22. The molecule has 1 heterocycles. The average molecular weight is 242 g/mol. The van der Waals surface area contributed by atoms with Crippen LogP contribution < -0.4 is 5.73 Å². The zero-order valence-electron chi connectivity index (χ0n) is 8.76. The molecule has 6 heteroatoms. The second-order valence-corrected chi connectivity index (χ2v) is 5.14. The number of alkyl halides is 3. The summed E-state index contributed by atoms with van der Waals surface area (Å²) in [7, 11) is 0. The Hall–Kier alpha value is 0.0600. The highest BCUT2D eigenvalue weighted by Gasteiger charge is 2.31. The molecule has 15 heavy (non-hydrogen) atoms. The Morgan fingerprint density at radius 2 is 2.13 bits per heavy atom. The molecule has 0 radical (unpaired) electrons. The van der Waals surface area contributed by atoms with Crippen LogP contribution in [0.3, 0.4) is 0 Å². The van der Waals surface area contributed by atoms with E-state index in [1.807, 2.05) is 6.92 Å². The molecule has 0 amide bonds. The second-order valence-electron chi connectivity index (χ2n) is 3.98. The van der Waals surface area contributed by atoms with Gasteiger partial charge in [-0.1, -0.05) is 0 Å². The summed E-state index contributed by atoms with van der Waals surface area (Å²) >= 11 is 0.0584. The van der Waals surface area contributed by atoms with E-state index in [9.17, 15) is 13.2 Å². The predicted molar refractivity (Wildman–Crippen MR) is 56.7 cm³/mol. The third-order valence-corrected chi connectivity index (χ3v) is 3.48. The Morgan fingerprint density at radius 1 is 1.47 bits per heavy atom. The molecular weight excluding hydrogens is 225 g/mol. The van der Waals surface area contributed by atoms with Crippen molar-refractivity contribution in [3.8, 4) is 0 Å². The molecule has 1 saturated heterocycles. The fourth-order valence-corrected chi connectivity index (χ4v) is 2.54. The lowest BCUT2D eigenvalue weighted by atomic mass is 10.1. The van der Waals surface area contributed by atoms with Crippen molar-refractivity contribution in [3.05, 3.63) is 0 Å². The highest BCUT2D eigenvalue weighted by molar-refractivity contribution is 8.00. The van der Waals surface area contributed by atoms with Crippen molar-refractivity contribution in [2.45, 2.75) is 24.9 Å². The molecule has 1 fully saturated rings. The van der Waals surface area contributed by atoms with Crippen molar-refractivity contribution >= 4 is 11.8 Å². The molecule has 0 aromatic carbocycles. The van der Waals surface area contributed by atoms with Gasteiger partial charge < -0.3 is 5.73 Å². The van der Waals surface area contributed by atoms with Gasteiger partial charge in [-0.3, -0.25) is 4.90 Å². The van der Waals surface area contributed by atoms with E-state index in [0.717, 1.165) is 13.0 Å². The zero-order chi connectivity index (χ0) is 11.5. The van der Waals surface area contributed by atoms with Crippen molar-refractivity contribution < 1.29 is 13.2 Å². The van der Waals surface area contributed by atoms with Crippen LogP contribution in [-0.4, -0.2) is 41.8 Å². The van der Waals surface area contributed by atoms with Gasteiger partial charge in [-0.05, 0) is 37.6 Å². The van der Waals surface area contributed by atoms with E-state index in [1.165, 1.54) is 0 Å². The van der Waals surface area contributed by atoms with Gasteiger partial charge in [0.05, 0.1) is 0 Å². The molecule has 0 bridgehead atoms. The molecule has 1 rings (SSSR count). The van der Waals surface area contributed by atoms with Crippen LogP contribution in [0.5, 0.6) is 0 Å². The SMILES string of the molecule is CC1CC(CN)CN1CCSC(F)(F)F. The van der Waals surface area contributed by atoms with Crippen LogP contribution in [0.15, 0.2) is 0 Å². The van der Waals surface area contributed by atoms with Crippen molar-refractivity contribution in [2.75, 3.05) is 25.4 Å². The van der Waals surface area contributed by atoms with Gasteiger partial charge in [0.25, 0.3) is 0 Å². The van der Waals surface area contributed by atoms with Crippen molar-refractivity contribution in [1.82, 2.24) is 4.90 Å². The molecule has 2 unspecified atom stereocenters. The molecule has 0 aromatic heterocycles. The third-order valence-electron chi connectivity index (χ3n) is 2.77. The minimum absolute atomic E-state index is 0.0584. The van der Waals surface area contributed by atoms with Crippen LogP contribution in [0, 0.1) is 5.92 Å². The van der Waals surface area contributed by atoms with Gasteiger partial charge in [-0.2, -0.15) is 13.2 Å². The molecule has 2 atom stereocenters. The maximum absolute atomic E-state index is 11.9. The van der Waals surface area contributed by atoms with Gasteiger partial charge >= 0.3 is 5.51 Å². The molecule has 0 spiro atoms. The van der Waals surface area contributed by atoms with Crippen molar-refractivity contribution in [3.63, 3.8) is 0 Å². The van der Waals surface area contributed by atoms with Crippen LogP contribution in [0.25, 0.3) is 0 Å². The van der Waals surface area contributed by atoms with E-state index in [-0.39, 0.29) is 17.5 Å². The summed E-state index contributed by atoms with van der Waals surface area (Å²) in [4.78, 5) is 2.09. The highest BCUT2D eigenvalue weighted by Crippen LogP contribution is 2.31. The topological polar surface area (TPSA) is 29.3 Å². The minimum atomic E-state index is -4.10. The Bertz CT molecular complexity index is 198. The lowest BCUT2D eigenvalue weighted by Gasteiger charge is -2.20. The summed E-state index contributed by atoms with van der Waals surface area (Å²) in [5.41, 5.74) is 1.44. The Morgan fingerprint density at radius 3 is 2.60 bits per heavy atom. The van der Waals surface area contributed by atoms with Gasteiger partial charge in [0.2, 0.25) is 0 Å². The number of hydrogen-bond acceptors (Lipinski definition) is 3. The minimum Gasteiger partial charge on any atom is -0.330 e. The quantitative estimate of drug-likeness (QED) is 0.816. The van der Waals surface area contributed by atoms with E-state index in [2.05, 4.69) is 4.90 Å². The van der Waals surface area contributed by atoms with Gasteiger partial charge in [-0.15, -0.1) is 0 Å². The van der Waals surface area contributed by atoms with Gasteiger partial charge in [0.15, 0.2) is 0 Å². The van der Waals surface area contributed by atoms with Crippen LogP contribution >= 0.6 is 11.8 Å². The first-order chi connectivity index (χ1) is 6.92. The van der Waals surface area contributed by atoms with E-state index in [0.29, 0.717) is 25.0 Å². The first kappa shape index (κ1) is 13.1. The maximum atomic E-state index is 11.9. The van der Waals surface area contributed by atoms with Crippen LogP contribution in [0.1, 0.15) is 13.3 Å². The Labute approximate surface area is 92.4 Å². The summed E-state index contributed by atoms with van der Waals surface area (Å²) in [6.45, 7) is 4.03. The van der Waals surface area contributed by atoms with E-state index in [1.54, 1.807) is 0 Å². The van der Waals surface area contributed by atoms with Crippen molar-refractivity contribution in [1.29, 1.82) is 0 Å². The number of likely N-dealkylation sites (tertiary alicyclic amines) is 1.